The van der Waals surface area contributed by atoms with E-state index in [0.29, 0.717) is 6.04 Å². The van der Waals surface area contributed by atoms with E-state index >= 15 is 0 Å². The Morgan fingerprint density at radius 2 is 1.85 bits per heavy atom. The number of hydrogen-bond acceptors (Lipinski definition) is 3. The number of nitrogens with zero attached hydrogens (tertiary/aromatic N) is 1. The molecule has 0 radical (unpaired) electrons. The minimum absolute atomic E-state index is 0.0133. The van der Waals surface area contributed by atoms with Crippen LogP contribution in [0.5, 0.6) is 0 Å². The van der Waals surface area contributed by atoms with E-state index in [1.165, 1.54) is 5.56 Å². The molecule has 1 aromatic carbocycles. The lowest BCUT2D eigenvalue weighted by Crippen LogP contribution is -2.45. The van der Waals surface area contributed by atoms with E-state index in [4.69, 9.17) is 10.5 Å². The van der Waals surface area contributed by atoms with Crippen LogP contribution in [-0.2, 0) is 4.74 Å². The van der Waals surface area contributed by atoms with Crippen molar-refractivity contribution in [2.75, 3.05) is 26.8 Å². The highest BCUT2D eigenvalue weighted by atomic mass is 16.5. The van der Waals surface area contributed by atoms with Crippen LogP contribution < -0.4 is 5.73 Å². The highest BCUT2D eigenvalue weighted by Gasteiger charge is 2.30. The number of likely N-dealkylation sites (N-methyl/N-ethyl adjacent to an activating group) is 1. The zero-order chi connectivity index (χ0) is 15.2. The topological polar surface area (TPSA) is 38.5 Å². The number of ether oxygens (including phenoxy) is 1. The van der Waals surface area contributed by atoms with Gasteiger partial charge in [-0.05, 0) is 24.4 Å². The van der Waals surface area contributed by atoms with E-state index in [0.717, 1.165) is 19.7 Å². The molecule has 20 heavy (non-hydrogen) atoms. The normalized spacial score (nSPS) is 15.3. The third-order valence-corrected chi connectivity index (χ3v) is 4.05. The van der Waals surface area contributed by atoms with Gasteiger partial charge in [0.25, 0.3) is 0 Å². The van der Waals surface area contributed by atoms with Gasteiger partial charge in [-0.3, -0.25) is 4.90 Å². The van der Waals surface area contributed by atoms with Crippen molar-refractivity contribution in [2.45, 2.75) is 39.8 Å². The van der Waals surface area contributed by atoms with Gasteiger partial charge in [0.2, 0.25) is 0 Å². The first-order valence-corrected chi connectivity index (χ1v) is 7.46. The van der Waals surface area contributed by atoms with Crippen molar-refractivity contribution in [1.82, 2.24) is 4.90 Å². The Kier molecular flexibility index (Phi) is 6.66. The fraction of sp³-hybridized carbons (Fsp3) is 0.647. The molecule has 3 nitrogen and oxygen atoms in total. The average Bonchev–Trinajstić information content (AvgIpc) is 2.45. The highest BCUT2D eigenvalue weighted by molar-refractivity contribution is 5.20. The van der Waals surface area contributed by atoms with Crippen LogP contribution in [0.1, 0.15) is 39.3 Å². The average molecular weight is 278 g/mol. The van der Waals surface area contributed by atoms with Crippen LogP contribution in [0.3, 0.4) is 0 Å². The third-order valence-electron chi connectivity index (χ3n) is 4.05. The highest BCUT2D eigenvalue weighted by Crippen LogP contribution is 2.32. The summed E-state index contributed by atoms with van der Waals surface area (Å²) in [5.74, 6) is 0. The standard InChI is InChI=1S/C17H30N2O/c1-6-19(14(2)12-20-5)13-17(3,4)16(18)15-10-8-7-9-11-15/h7-11,14,16H,6,12-13,18H2,1-5H3. The monoisotopic (exact) mass is 278 g/mol. The molecule has 3 heteroatoms. The molecule has 0 spiro atoms. The molecule has 0 bridgehead atoms. The number of nitrogens with two attached hydrogens (primary N) is 1. The Bertz CT molecular complexity index is 378. The van der Waals surface area contributed by atoms with Crippen molar-refractivity contribution in [3.05, 3.63) is 35.9 Å². The Hall–Kier alpha value is -0.900. The van der Waals surface area contributed by atoms with Crippen LogP contribution in [0, 0.1) is 5.41 Å². The van der Waals surface area contributed by atoms with Gasteiger partial charge in [0.15, 0.2) is 0 Å². The molecular formula is C17H30N2O. The second-order valence-corrected chi connectivity index (χ2v) is 6.24. The van der Waals surface area contributed by atoms with Gasteiger partial charge < -0.3 is 10.5 Å². The molecule has 0 saturated carbocycles. The van der Waals surface area contributed by atoms with Gasteiger partial charge in [-0.25, -0.2) is 0 Å². The minimum atomic E-state index is 0.0133. The van der Waals surface area contributed by atoms with E-state index in [9.17, 15) is 0 Å². The summed E-state index contributed by atoms with van der Waals surface area (Å²) in [6, 6.07) is 10.8. The first-order valence-electron chi connectivity index (χ1n) is 7.46. The summed E-state index contributed by atoms with van der Waals surface area (Å²) in [5, 5.41) is 0. The summed E-state index contributed by atoms with van der Waals surface area (Å²) in [7, 11) is 1.76. The van der Waals surface area contributed by atoms with Crippen LogP contribution in [0.2, 0.25) is 0 Å². The number of hydrogen-bond donors (Lipinski definition) is 1. The van der Waals surface area contributed by atoms with E-state index in [-0.39, 0.29) is 11.5 Å². The molecule has 1 aromatic rings. The lowest BCUT2D eigenvalue weighted by Gasteiger charge is -2.39. The zero-order valence-corrected chi connectivity index (χ0v) is 13.6. The largest absolute Gasteiger partial charge is 0.383 e. The molecule has 2 unspecified atom stereocenters. The summed E-state index contributed by atoms with van der Waals surface area (Å²) in [6.07, 6.45) is 0. The number of benzene rings is 1. The molecule has 0 aliphatic rings. The summed E-state index contributed by atoms with van der Waals surface area (Å²) in [4.78, 5) is 2.44. The van der Waals surface area contributed by atoms with E-state index < -0.39 is 0 Å². The summed E-state index contributed by atoms with van der Waals surface area (Å²) in [6.45, 7) is 11.6. The molecule has 0 aromatic heterocycles. The SMILES string of the molecule is CCN(CC(C)(C)C(N)c1ccccc1)C(C)COC. The maximum atomic E-state index is 6.49. The second kappa shape index (κ2) is 7.77. The van der Waals surface area contributed by atoms with Crippen LogP contribution in [0.15, 0.2) is 30.3 Å². The summed E-state index contributed by atoms with van der Waals surface area (Å²) >= 11 is 0. The second-order valence-electron chi connectivity index (χ2n) is 6.24. The van der Waals surface area contributed by atoms with Crippen molar-refractivity contribution in [3.8, 4) is 0 Å². The lowest BCUT2D eigenvalue weighted by atomic mass is 9.80. The molecule has 0 amide bonds. The van der Waals surface area contributed by atoms with E-state index in [1.54, 1.807) is 7.11 Å². The Labute approximate surface area is 124 Å². The van der Waals surface area contributed by atoms with Crippen LogP contribution in [0.25, 0.3) is 0 Å². The van der Waals surface area contributed by atoms with Crippen molar-refractivity contribution in [3.63, 3.8) is 0 Å². The van der Waals surface area contributed by atoms with Gasteiger partial charge in [-0.15, -0.1) is 0 Å². The molecule has 114 valence electrons. The predicted octanol–water partition coefficient (Wildman–Crippen LogP) is 3.07. The van der Waals surface area contributed by atoms with E-state index in [2.05, 4.69) is 56.9 Å². The molecule has 2 N–H and O–H groups in total. The third kappa shape index (κ3) is 4.58. The van der Waals surface area contributed by atoms with Crippen molar-refractivity contribution in [1.29, 1.82) is 0 Å². The smallest absolute Gasteiger partial charge is 0.0615 e. The first kappa shape index (κ1) is 17.2. The fourth-order valence-electron chi connectivity index (χ4n) is 2.66. The minimum Gasteiger partial charge on any atom is -0.383 e. The lowest BCUT2D eigenvalue weighted by molar-refractivity contribution is 0.0679. The predicted molar refractivity (Wildman–Crippen MR) is 85.7 cm³/mol. The van der Waals surface area contributed by atoms with Crippen molar-refractivity contribution in [2.24, 2.45) is 11.1 Å². The first-order chi connectivity index (χ1) is 9.42. The van der Waals surface area contributed by atoms with Crippen LogP contribution in [-0.4, -0.2) is 37.7 Å². The molecule has 0 heterocycles. The molecule has 0 aliphatic carbocycles. The van der Waals surface area contributed by atoms with Crippen molar-refractivity contribution >= 4 is 0 Å². The maximum Gasteiger partial charge on any atom is 0.0615 e. The van der Waals surface area contributed by atoms with Crippen LogP contribution in [0.4, 0.5) is 0 Å². The number of methoxy groups -OCH3 is 1. The van der Waals surface area contributed by atoms with Gasteiger partial charge in [-0.1, -0.05) is 51.1 Å². The van der Waals surface area contributed by atoms with Gasteiger partial charge in [0, 0.05) is 25.7 Å². The van der Waals surface area contributed by atoms with E-state index in [1.807, 2.05) is 6.07 Å². The molecular weight excluding hydrogens is 248 g/mol. The van der Waals surface area contributed by atoms with Gasteiger partial charge in [-0.2, -0.15) is 0 Å². The Balaban J connectivity index is 2.76. The molecule has 0 fully saturated rings. The summed E-state index contributed by atoms with van der Waals surface area (Å²) in [5.41, 5.74) is 7.71. The van der Waals surface area contributed by atoms with Gasteiger partial charge >= 0.3 is 0 Å². The van der Waals surface area contributed by atoms with Gasteiger partial charge in [0.05, 0.1) is 6.61 Å². The Morgan fingerprint density at radius 1 is 1.25 bits per heavy atom. The quantitative estimate of drug-likeness (QED) is 0.794. The molecule has 1 rings (SSSR count). The van der Waals surface area contributed by atoms with Crippen LogP contribution >= 0.6 is 0 Å². The molecule has 0 aliphatic heterocycles. The summed E-state index contributed by atoms with van der Waals surface area (Å²) < 4.78 is 5.27. The zero-order valence-electron chi connectivity index (χ0n) is 13.6. The molecule has 2 atom stereocenters. The molecule has 0 saturated heterocycles. The maximum absolute atomic E-state index is 6.49. The fourth-order valence-corrected chi connectivity index (χ4v) is 2.66. The van der Waals surface area contributed by atoms with Crippen molar-refractivity contribution < 1.29 is 4.74 Å². The Morgan fingerprint density at radius 3 is 2.35 bits per heavy atom. The van der Waals surface area contributed by atoms with Gasteiger partial charge in [0.1, 0.15) is 0 Å². The number of rotatable bonds is 8.